The highest BCUT2D eigenvalue weighted by Crippen LogP contribution is 2.32. The van der Waals surface area contributed by atoms with Gasteiger partial charge in [0.1, 0.15) is 11.9 Å². The Bertz CT molecular complexity index is 571. The number of likely N-dealkylation sites (tertiary alicyclic amines) is 1. The highest BCUT2D eigenvalue weighted by atomic mass is 19.4. The molecular weight excluding hydrogens is 280 g/mol. The van der Waals surface area contributed by atoms with Crippen LogP contribution in [0.25, 0.3) is 0 Å². The van der Waals surface area contributed by atoms with Gasteiger partial charge in [-0.05, 0) is 18.2 Å². The molecule has 1 atom stereocenters. The molecule has 1 aliphatic rings. The summed E-state index contributed by atoms with van der Waals surface area (Å²) in [6, 6.07) is 0.793. The van der Waals surface area contributed by atoms with Crippen molar-refractivity contribution in [2.75, 3.05) is 12.4 Å². The fourth-order valence-corrected chi connectivity index (χ4v) is 1.87. The Morgan fingerprint density at radius 3 is 2.45 bits per heavy atom. The number of carbonyl (C=O) groups is 2. The van der Waals surface area contributed by atoms with Crippen molar-refractivity contribution in [1.29, 1.82) is 0 Å². The molecule has 0 radical (unpaired) electrons. The zero-order valence-corrected chi connectivity index (χ0v) is 10.3. The van der Waals surface area contributed by atoms with Gasteiger partial charge in [0.05, 0.1) is 17.7 Å². The van der Waals surface area contributed by atoms with Crippen LogP contribution in [-0.2, 0) is 15.8 Å². The van der Waals surface area contributed by atoms with E-state index >= 15 is 0 Å². The molecule has 1 saturated heterocycles. The summed E-state index contributed by atoms with van der Waals surface area (Å²) in [5.74, 6) is -2.00. The van der Waals surface area contributed by atoms with Gasteiger partial charge in [0.25, 0.3) is 5.91 Å². The van der Waals surface area contributed by atoms with Gasteiger partial charge < -0.3 is 5.32 Å². The third-order valence-corrected chi connectivity index (χ3v) is 3.00. The molecule has 0 saturated carbocycles. The number of imide groups is 1. The van der Waals surface area contributed by atoms with Gasteiger partial charge in [-0.25, -0.2) is 4.39 Å². The smallest absolute Gasteiger partial charge is 0.371 e. The lowest BCUT2D eigenvalue weighted by Gasteiger charge is -2.15. The minimum absolute atomic E-state index is 0.217. The molecule has 1 aromatic rings. The van der Waals surface area contributed by atoms with Crippen LogP contribution in [0.5, 0.6) is 0 Å². The summed E-state index contributed by atoms with van der Waals surface area (Å²) >= 11 is 0. The Labute approximate surface area is 111 Å². The summed E-state index contributed by atoms with van der Waals surface area (Å²) in [7, 11) is 1.26. The molecule has 8 heteroatoms. The standard InChI is InChI=1S/C12H10F4N2O2/c1-18-10(19)5-9(11(18)20)17-8-4-6(12(14,15)16)2-3-7(8)13/h2-4,9,17H,5H2,1H3. The van der Waals surface area contributed by atoms with Crippen molar-refractivity contribution in [2.45, 2.75) is 18.6 Å². The minimum atomic E-state index is -4.61. The largest absolute Gasteiger partial charge is 0.416 e. The topological polar surface area (TPSA) is 49.4 Å². The predicted octanol–water partition coefficient (Wildman–Crippen LogP) is 2.01. The maximum absolute atomic E-state index is 13.5. The Morgan fingerprint density at radius 1 is 1.30 bits per heavy atom. The first-order valence-corrected chi connectivity index (χ1v) is 5.64. The Hall–Kier alpha value is -2.12. The van der Waals surface area contributed by atoms with Crippen molar-refractivity contribution in [3.8, 4) is 0 Å². The van der Waals surface area contributed by atoms with Crippen molar-refractivity contribution >= 4 is 17.5 Å². The number of rotatable bonds is 2. The molecule has 1 unspecified atom stereocenters. The molecule has 1 aromatic carbocycles. The van der Waals surface area contributed by atoms with Gasteiger partial charge in [-0.2, -0.15) is 13.2 Å². The predicted molar refractivity (Wildman–Crippen MR) is 61.2 cm³/mol. The maximum Gasteiger partial charge on any atom is 0.416 e. The molecule has 1 N–H and O–H groups in total. The molecule has 0 bridgehead atoms. The molecule has 1 aliphatic heterocycles. The Balaban J connectivity index is 2.26. The van der Waals surface area contributed by atoms with E-state index in [1.54, 1.807) is 0 Å². The van der Waals surface area contributed by atoms with Crippen LogP contribution in [0.1, 0.15) is 12.0 Å². The van der Waals surface area contributed by atoms with E-state index < -0.39 is 41.1 Å². The zero-order chi connectivity index (χ0) is 15.1. The third-order valence-electron chi connectivity index (χ3n) is 3.00. The number of anilines is 1. The summed E-state index contributed by atoms with van der Waals surface area (Å²) < 4.78 is 51.1. The fourth-order valence-electron chi connectivity index (χ4n) is 1.87. The Kier molecular flexibility index (Phi) is 3.41. The van der Waals surface area contributed by atoms with Crippen LogP contribution >= 0.6 is 0 Å². The number of likely N-dealkylation sites (N-methyl/N-ethyl adjacent to an activating group) is 1. The van der Waals surface area contributed by atoms with Crippen molar-refractivity contribution in [3.05, 3.63) is 29.6 Å². The molecule has 2 amide bonds. The van der Waals surface area contributed by atoms with Gasteiger partial charge in [-0.15, -0.1) is 0 Å². The normalized spacial score (nSPS) is 19.6. The first-order valence-electron chi connectivity index (χ1n) is 5.64. The lowest BCUT2D eigenvalue weighted by molar-refractivity contribution is -0.138. The van der Waals surface area contributed by atoms with E-state index in [-0.39, 0.29) is 6.42 Å². The number of hydrogen-bond acceptors (Lipinski definition) is 3. The summed E-state index contributed by atoms with van der Waals surface area (Å²) in [5.41, 5.74) is -1.49. The number of halogens is 4. The minimum Gasteiger partial charge on any atom is -0.371 e. The molecule has 20 heavy (non-hydrogen) atoms. The number of benzene rings is 1. The average molecular weight is 290 g/mol. The van der Waals surface area contributed by atoms with Crippen LogP contribution in [0.15, 0.2) is 18.2 Å². The van der Waals surface area contributed by atoms with Crippen molar-refractivity contribution in [2.24, 2.45) is 0 Å². The number of nitrogens with one attached hydrogen (secondary N) is 1. The second-order valence-corrected chi connectivity index (χ2v) is 4.38. The van der Waals surface area contributed by atoms with Crippen LogP contribution < -0.4 is 5.32 Å². The molecule has 2 rings (SSSR count). The van der Waals surface area contributed by atoms with E-state index in [2.05, 4.69) is 5.32 Å². The third kappa shape index (κ3) is 2.59. The number of amides is 2. The Morgan fingerprint density at radius 2 is 1.95 bits per heavy atom. The summed E-state index contributed by atoms with van der Waals surface area (Å²) in [5, 5.41) is 2.35. The second-order valence-electron chi connectivity index (χ2n) is 4.38. The number of carbonyl (C=O) groups excluding carboxylic acids is 2. The molecule has 0 aliphatic carbocycles. The summed E-state index contributed by atoms with van der Waals surface area (Å²) in [4.78, 5) is 23.7. The van der Waals surface area contributed by atoms with Gasteiger partial charge >= 0.3 is 6.18 Å². The quantitative estimate of drug-likeness (QED) is 0.669. The molecule has 4 nitrogen and oxygen atoms in total. The molecule has 0 spiro atoms. The number of hydrogen-bond donors (Lipinski definition) is 1. The molecule has 108 valence electrons. The van der Waals surface area contributed by atoms with E-state index in [1.807, 2.05) is 0 Å². The maximum atomic E-state index is 13.5. The highest BCUT2D eigenvalue weighted by Gasteiger charge is 2.37. The van der Waals surface area contributed by atoms with Crippen molar-refractivity contribution in [3.63, 3.8) is 0 Å². The van der Waals surface area contributed by atoms with E-state index in [1.165, 1.54) is 7.05 Å². The lowest BCUT2D eigenvalue weighted by atomic mass is 10.1. The highest BCUT2D eigenvalue weighted by molar-refractivity contribution is 6.06. The van der Waals surface area contributed by atoms with E-state index in [9.17, 15) is 27.2 Å². The number of alkyl halides is 3. The first kappa shape index (κ1) is 14.3. The average Bonchev–Trinajstić information content (AvgIpc) is 2.58. The lowest BCUT2D eigenvalue weighted by Crippen LogP contribution is -2.32. The van der Waals surface area contributed by atoms with Gasteiger partial charge in [-0.3, -0.25) is 14.5 Å². The van der Waals surface area contributed by atoms with E-state index in [0.717, 1.165) is 4.90 Å². The number of nitrogens with zero attached hydrogens (tertiary/aromatic N) is 1. The van der Waals surface area contributed by atoms with Crippen LogP contribution in [0.3, 0.4) is 0 Å². The van der Waals surface area contributed by atoms with Crippen molar-refractivity contribution in [1.82, 2.24) is 4.90 Å². The van der Waals surface area contributed by atoms with Crippen LogP contribution in [0.2, 0.25) is 0 Å². The molecular formula is C12H10F4N2O2. The van der Waals surface area contributed by atoms with E-state index in [0.29, 0.717) is 18.2 Å². The second kappa shape index (κ2) is 4.77. The summed E-state index contributed by atoms with van der Waals surface area (Å²) in [6.45, 7) is 0. The van der Waals surface area contributed by atoms with Crippen molar-refractivity contribution < 1.29 is 27.2 Å². The van der Waals surface area contributed by atoms with Crippen LogP contribution in [0.4, 0.5) is 23.2 Å². The van der Waals surface area contributed by atoms with Gasteiger partial charge in [0, 0.05) is 7.05 Å². The van der Waals surface area contributed by atoms with Gasteiger partial charge in [-0.1, -0.05) is 0 Å². The van der Waals surface area contributed by atoms with Crippen LogP contribution in [0, 0.1) is 5.82 Å². The molecule has 0 aromatic heterocycles. The SMILES string of the molecule is CN1C(=O)CC(Nc2cc(C(F)(F)F)ccc2F)C1=O. The monoisotopic (exact) mass is 290 g/mol. The fraction of sp³-hybridized carbons (Fsp3) is 0.333. The van der Waals surface area contributed by atoms with Gasteiger partial charge in [0.15, 0.2) is 0 Å². The van der Waals surface area contributed by atoms with Crippen LogP contribution in [-0.4, -0.2) is 29.8 Å². The molecule has 1 heterocycles. The zero-order valence-electron chi connectivity index (χ0n) is 10.3. The van der Waals surface area contributed by atoms with Gasteiger partial charge in [0.2, 0.25) is 5.91 Å². The first-order chi connectivity index (χ1) is 9.20. The summed E-state index contributed by atoms with van der Waals surface area (Å²) in [6.07, 6.45) is -4.83. The molecule has 1 fully saturated rings. The van der Waals surface area contributed by atoms with E-state index in [4.69, 9.17) is 0 Å².